The number of hydrogen-bond acceptors (Lipinski definition) is 7. The van der Waals surface area contributed by atoms with Gasteiger partial charge in [-0.15, -0.1) is 23.7 Å². The van der Waals surface area contributed by atoms with Crippen LogP contribution < -0.4 is 10.6 Å². The number of aromatic nitrogens is 2. The van der Waals surface area contributed by atoms with Crippen LogP contribution in [-0.2, 0) is 17.8 Å². The summed E-state index contributed by atoms with van der Waals surface area (Å²) in [6.45, 7) is 1.65. The van der Waals surface area contributed by atoms with Crippen molar-refractivity contribution in [2.75, 3.05) is 41.8 Å². The molecule has 14 heteroatoms. The number of H-pyrrole nitrogens is 1. The molecule has 1 saturated carbocycles. The second-order valence-corrected chi connectivity index (χ2v) is 13.1. The smallest absolute Gasteiger partial charge is 0.280 e. The number of likely N-dealkylation sites (N-methyl/N-ethyl adjacent to an activating group) is 1. The van der Waals surface area contributed by atoms with Crippen molar-refractivity contribution in [3.05, 3.63) is 50.1 Å². The molecule has 0 saturated heterocycles. The zero-order valence-corrected chi connectivity index (χ0v) is 27.2. The lowest BCUT2D eigenvalue weighted by Crippen LogP contribution is -2.56. The number of fused-ring (bicyclic) bond motifs is 2. The topological polar surface area (TPSA) is 131 Å². The van der Waals surface area contributed by atoms with Gasteiger partial charge in [0.2, 0.25) is 5.91 Å². The van der Waals surface area contributed by atoms with Crippen LogP contribution in [0.1, 0.15) is 60.5 Å². The van der Waals surface area contributed by atoms with Gasteiger partial charge < -0.3 is 30.3 Å². The third-order valence-corrected chi connectivity index (χ3v) is 9.31. The van der Waals surface area contributed by atoms with Gasteiger partial charge in [-0.2, -0.15) is 0 Å². The minimum Gasteiger partial charge on any atom is -0.350 e. The molecule has 11 nitrogen and oxygen atoms in total. The number of halogens is 2. The summed E-state index contributed by atoms with van der Waals surface area (Å²) in [6.07, 6.45) is 2.19. The summed E-state index contributed by atoms with van der Waals surface area (Å²) < 4.78 is 0. The minimum absolute atomic E-state index is 0. The van der Waals surface area contributed by atoms with Crippen molar-refractivity contribution in [2.24, 2.45) is 5.92 Å². The van der Waals surface area contributed by atoms with Crippen LogP contribution in [0.3, 0.4) is 0 Å². The van der Waals surface area contributed by atoms with Crippen molar-refractivity contribution in [1.82, 2.24) is 35.3 Å². The fourth-order valence-electron chi connectivity index (χ4n) is 5.76. The van der Waals surface area contributed by atoms with Crippen LogP contribution in [-0.4, -0.2) is 102 Å². The van der Waals surface area contributed by atoms with Crippen molar-refractivity contribution in [3.8, 4) is 0 Å². The van der Waals surface area contributed by atoms with Crippen LogP contribution in [0.15, 0.2) is 18.2 Å². The molecule has 0 bridgehead atoms. The Labute approximate surface area is 265 Å². The largest absolute Gasteiger partial charge is 0.350 e. The van der Waals surface area contributed by atoms with E-state index in [9.17, 15) is 19.2 Å². The van der Waals surface area contributed by atoms with Gasteiger partial charge in [-0.25, -0.2) is 4.98 Å². The summed E-state index contributed by atoms with van der Waals surface area (Å²) in [5, 5.41) is 7.52. The molecule has 1 aliphatic carbocycles. The molecule has 3 heterocycles. The van der Waals surface area contributed by atoms with Gasteiger partial charge in [0.05, 0.1) is 17.3 Å². The monoisotopic (exact) mass is 649 g/mol. The Kier molecular flexibility index (Phi) is 10.1. The van der Waals surface area contributed by atoms with Crippen molar-refractivity contribution in [3.63, 3.8) is 0 Å². The quantitative estimate of drug-likeness (QED) is 0.376. The van der Waals surface area contributed by atoms with Crippen molar-refractivity contribution in [2.45, 2.75) is 44.3 Å². The Balaban J connectivity index is 0.00000423. The first-order valence-electron chi connectivity index (χ1n) is 14.0. The predicted octanol–water partition coefficient (Wildman–Crippen LogP) is 3.17. The number of carbonyl (C=O) groups excluding carboxylic acids is 4. The highest BCUT2D eigenvalue weighted by Gasteiger charge is 2.38. The van der Waals surface area contributed by atoms with Gasteiger partial charge in [-0.3, -0.25) is 19.2 Å². The van der Waals surface area contributed by atoms with Gasteiger partial charge in [-0.05, 0) is 44.5 Å². The molecule has 3 N–H and O–H groups in total. The first kappa shape index (κ1) is 32.7. The lowest BCUT2D eigenvalue weighted by molar-refractivity contribution is -0.134. The van der Waals surface area contributed by atoms with E-state index in [1.807, 2.05) is 7.05 Å². The van der Waals surface area contributed by atoms with Crippen LogP contribution in [0.25, 0.3) is 10.9 Å². The average molecular weight is 651 g/mol. The predicted molar refractivity (Wildman–Crippen MR) is 169 cm³/mol. The summed E-state index contributed by atoms with van der Waals surface area (Å²) in [5.41, 5.74) is 1.91. The number of nitrogens with zero attached hydrogens (tertiary/aromatic N) is 4. The van der Waals surface area contributed by atoms with E-state index >= 15 is 0 Å². The van der Waals surface area contributed by atoms with Crippen LogP contribution in [0, 0.1) is 5.92 Å². The van der Waals surface area contributed by atoms with Gasteiger partial charge in [0.15, 0.2) is 5.01 Å². The maximum Gasteiger partial charge on any atom is 0.280 e. The van der Waals surface area contributed by atoms with Crippen LogP contribution in [0.2, 0.25) is 5.02 Å². The van der Waals surface area contributed by atoms with Crippen molar-refractivity contribution < 1.29 is 19.2 Å². The number of rotatable bonds is 6. The average Bonchev–Trinajstić information content (AvgIpc) is 3.54. The lowest BCUT2D eigenvalue weighted by Gasteiger charge is -2.37. The lowest BCUT2D eigenvalue weighted by atomic mass is 9.81. The molecule has 0 unspecified atom stereocenters. The van der Waals surface area contributed by atoms with E-state index in [-0.39, 0.29) is 47.3 Å². The third kappa shape index (κ3) is 6.82. The molecule has 2 aromatic heterocycles. The van der Waals surface area contributed by atoms with Crippen molar-refractivity contribution in [1.29, 1.82) is 0 Å². The molecular formula is C29H37Cl2N7O4S. The minimum atomic E-state index is -0.514. The Morgan fingerprint density at radius 3 is 2.47 bits per heavy atom. The molecule has 0 radical (unpaired) electrons. The Bertz CT molecular complexity index is 1550. The molecule has 1 aromatic carbocycles. The highest BCUT2D eigenvalue weighted by molar-refractivity contribution is 7.13. The summed E-state index contributed by atoms with van der Waals surface area (Å²) in [6, 6.07) is 4.10. The summed E-state index contributed by atoms with van der Waals surface area (Å²) in [5.74, 6) is -1.43. The van der Waals surface area contributed by atoms with Gasteiger partial charge in [0.1, 0.15) is 5.69 Å². The van der Waals surface area contributed by atoms with Crippen LogP contribution >= 0.6 is 35.3 Å². The second-order valence-electron chi connectivity index (χ2n) is 11.5. The maximum absolute atomic E-state index is 13.8. The van der Waals surface area contributed by atoms with Gasteiger partial charge in [0.25, 0.3) is 17.7 Å². The van der Waals surface area contributed by atoms with Crippen LogP contribution in [0.5, 0.6) is 0 Å². The van der Waals surface area contributed by atoms with E-state index in [0.717, 1.165) is 30.1 Å². The zero-order valence-electron chi connectivity index (χ0n) is 24.8. The highest BCUT2D eigenvalue weighted by Crippen LogP contribution is 2.30. The molecule has 4 amide bonds. The summed E-state index contributed by atoms with van der Waals surface area (Å²) in [7, 11) is 8.71. The van der Waals surface area contributed by atoms with Gasteiger partial charge >= 0.3 is 0 Å². The van der Waals surface area contributed by atoms with Crippen LogP contribution in [0.4, 0.5) is 0 Å². The van der Waals surface area contributed by atoms with E-state index in [2.05, 4.69) is 25.5 Å². The number of aromatic amines is 1. The second kappa shape index (κ2) is 13.2. The first-order chi connectivity index (χ1) is 19.9. The Morgan fingerprint density at radius 1 is 1.05 bits per heavy atom. The molecule has 2 aliphatic rings. The maximum atomic E-state index is 13.8. The van der Waals surface area contributed by atoms with E-state index in [4.69, 9.17) is 11.6 Å². The summed E-state index contributed by atoms with van der Waals surface area (Å²) in [4.78, 5) is 67.2. The van der Waals surface area contributed by atoms with E-state index in [0.29, 0.717) is 40.2 Å². The third-order valence-electron chi connectivity index (χ3n) is 8.00. The number of carbonyl (C=O) groups is 4. The molecular weight excluding hydrogens is 613 g/mol. The van der Waals surface area contributed by atoms with Gasteiger partial charge in [-0.1, -0.05) is 11.6 Å². The number of nitrogens with one attached hydrogen (secondary N) is 3. The zero-order chi connectivity index (χ0) is 30.3. The molecule has 43 heavy (non-hydrogen) atoms. The normalized spacial score (nSPS) is 20.1. The summed E-state index contributed by atoms with van der Waals surface area (Å²) >= 11 is 7.61. The van der Waals surface area contributed by atoms with E-state index in [1.54, 1.807) is 51.3 Å². The van der Waals surface area contributed by atoms with E-state index in [1.165, 1.54) is 16.2 Å². The molecule has 1 aliphatic heterocycles. The van der Waals surface area contributed by atoms with Crippen molar-refractivity contribution >= 4 is 69.9 Å². The molecule has 3 atom stereocenters. The SMILES string of the molecule is CN1CCc2nc(C(=O)N[C@@H]3C[C@@H](C(=O)N(C)C)CC[C@@H]3NC(=O)c3[nH]c4ccc(Cl)cc4c3C(=O)N(C)C)sc2C1.Cl. The number of thiazole rings is 1. The molecule has 232 valence electrons. The number of amides is 4. The number of benzene rings is 1. The molecule has 1 fully saturated rings. The number of hydrogen-bond donors (Lipinski definition) is 3. The fourth-order valence-corrected chi connectivity index (χ4v) is 7.03. The highest BCUT2D eigenvalue weighted by atomic mass is 35.5. The molecule has 0 spiro atoms. The molecule has 5 rings (SSSR count). The molecule has 3 aromatic rings. The standard InChI is InChI=1S/C29H36ClN7O4S.ClH/c1-35(2)28(40)15-6-8-19(21(12-15)33-26(39)27-34-20-10-11-37(5)14-22(20)42-27)32-25(38)24-23(29(41)36(3)4)17-13-16(30)7-9-18(17)31-24;/h7,9,13,15,19,21,31H,6,8,10-12,14H2,1-5H3,(H,32,38)(H,33,39);1H/t15-,19-,21+;/m0./s1. The fraction of sp³-hybridized carbons (Fsp3) is 0.483. The first-order valence-corrected chi connectivity index (χ1v) is 15.1. The van der Waals surface area contributed by atoms with Gasteiger partial charge in [0, 0.05) is 80.5 Å². The Hall–Kier alpha value is -3.19. The van der Waals surface area contributed by atoms with E-state index < -0.39 is 18.0 Å². The Morgan fingerprint density at radius 2 is 1.77 bits per heavy atom.